The molecule has 3 rings (SSSR count). The lowest BCUT2D eigenvalue weighted by Crippen LogP contribution is -2.39. The van der Waals surface area contributed by atoms with Gasteiger partial charge in [0.15, 0.2) is 17.3 Å². The molecule has 0 aromatic heterocycles. The Kier molecular flexibility index (Phi) is 6.67. The van der Waals surface area contributed by atoms with Crippen LogP contribution in [0.15, 0.2) is 48.5 Å². The first-order valence-corrected chi connectivity index (χ1v) is 9.45. The Hall–Kier alpha value is -3.12. The summed E-state index contributed by atoms with van der Waals surface area (Å²) in [6, 6.07) is 12.8. The summed E-state index contributed by atoms with van der Waals surface area (Å²) < 4.78 is 16.1. The fraction of sp³-hybridized carbons (Fsp3) is 0.304. The topological polar surface area (TPSA) is 65.1 Å². The standard InChI is InChI=1S/C23H25NO5/c1-16(25)17-4-6-18(7-5-17)20(15-23(26)24-10-12-29-13-11-24)19-8-9-21(27-2)22(14-19)28-3/h4-9,14-15H,10-13H2,1-3H3/b20-15-. The average Bonchev–Trinajstić information content (AvgIpc) is 2.77. The van der Waals surface area contributed by atoms with Gasteiger partial charge in [0, 0.05) is 24.7 Å². The molecule has 0 spiro atoms. The van der Waals surface area contributed by atoms with E-state index in [0.717, 1.165) is 16.7 Å². The van der Waals surface area contributed by atoms with Gasteiger partial charge in [0.05, 0.1) is 27.4 Å². The van der Waals surface area contributed by atoms with E-state index in [0.29, 0.717) is 43.4 Å². The van der Waals surface area contributed by atoms with E-state index in [4.69, 9.17) is 14.2 Å². The number of amides is 1. The highest BCUT2D eigenvalue weighted by atomic mass is 16.5. The number of carbonyl (C=O) groups is 2. The molecule has 0 bridgehead atoms. The Morgan fingerprint density at radius 2 is 1.48 bits per heavy atom. The Labute approximate surface area is 170 Å². The summed E-state index contributed by atoms with van der Waals surface area (Å²) in [6.07, 6.45) is 1.63. The monoisotopic (exact) mass is 395 g/mol. The largest absolute Gasteiger partial charge is 0.493 e. The molecule has 2 aromatic carbocycles. The minimum absolute atomic E-state index is 0.00223. The predicted octanol–water partition coefficient (Wildman–Crippen LogP) is 3.20. The number of benzene rings is 2. The van der Waals surface area contributed by atoms with Gasteiger partial charge >= 0.3 is 0 Å². The molecular formula is C23H25NO5. The molecule has 1 amide bonds. The predicted molar refractivity (Wildman–Crippen MR) is 110 cm³/mol. The molecule has 1 aliphatic rings. The minimum atomic E-state index is -0.0753. The number of ether oxygens (including phenoxy) is 3. The van der Waals surface area contributed by atoms with Crippen molar-refractivity contribution in [1.29, 1.82) is 0 Å². The first-order chi connectivity index (χ1) is 14.0. The molecule has 6 heteroatoms. The third-order valence-electron chi connectivity index (χ3n) is 4.89. The van der Waals surface area contributed by atoms with Crippen molar-refractivity contribution in [1.82, 2.24) is 4.90 Å². The molecule has 2 aromatic rings. The molecule has 6 nitrogen and oxygen atoms in total. The number of hydrogen-bond acceptors (Lipinski definition) is 5. The van der Waals surface area contributed by atoms with Crippen LogP contribution in [0.25, 0.3) is 5.57 Å². The van der Waals surface area contributed by atoms with Gasteiger partial charge in [-0.2, -0.15) is 0 Å². The van der Waals surface area contributed by atoms with Crippen LogP contribution in [0, 0.1) is 0 Å². The fourth-order valence-electron chi connectivity index (χ4n) is 3.22. The van der Waals surface area contributed by atoms with Crippen LogP contribution in [-0.4, -0.2) is 57.1 Å². The number of hydrogen-bond donors (Lipinski definition) is 0. The molecule has 0 atom stereocenters. The molecule has 1 aliphatic heterocycles. The van der Waals surface area contributed by atoms with E-state index >= 15 is 0 Å². The normalized spacial score (nSPS) is 14.4. The van der Waals surface area contributed by atoms with E-state index < -0.39 is 0 Å². The molecule has 0 radical (unpaired) electrons. The fourth-order valence-corrected chi connectivity index (χ4v) is 3.22. The number of carbonyl (C=O) groups excluding carboxylic acids is 2. The lowest BCUT2D eigenvalue weighted by Gasteiger charge is -2.26. The molecule has 1 saturated heterocycles. The highest BCUT2D eigenvalue weighted by Gasteiger charge is 2.18. The zero-order valence-corrected chi connectivity index (χ0v) is 16.9. The van der Waals surface area contributed by atoms with Crippen LogP contribution < -0.4 is 9.47 Å². The number of ketones is 1. The molecule has 0 aliphatic carbocycles. The molecule has 1 fully saturated rings. The summed E-state index contributed by atoms with van der Waals surface area (Å²) in [5, 5.41) is 0. The van der Waals surface area contributed by atoms with Gasteiger partial charge in [-0.05, 0) is 35.8 Å². The van der Waals surface area contributed by atoms with Crippen molar-refractivity contribution in [2.45, 2.75) is 6.92 Å². The van der Waals surface area contributed by atoms with Gasteiger partial charge in [-0.3, -0.25) is 9.59 Å². The lowest BCUT2D eigenvalue weighted by molar-refractivity contribution is -0.129. The van der Waals surface area contributed by atoms with Gasteiger partial charge in [-0.15, -0.1) is 0 Å². The van der Waals surface area contributed by atoms with Crippen molar-refractivity contribution in [3.05, 3.63) is 65.2 Å². The molecule has 0 N–H and O–H groups in total. The summed E-state index contributed by atoms with van der Waals surface area (Å²) in [4.78, 5) is 26.3. The first-order valence-electron chi connectivity index (χ1n) is 9.45. The summed E-state index contributed by atoms with van der Waals surface area (Å²) in [5.74, 6) is 1.11. The van der Waals surface area contributed by atoms with Gasteiger partial charge in [-0.25, -0.2) is 0 Å². The molecule has 0 saturated carbocycles. The number of nitrogens with zero attached hydrogens (tertiary/aromatic N) is 1. The van der Waals surface area contributed by atoms with E-state index in [1.165, 1.54) is 6.92 Å². The Bertz CT molecular complexity index is 911. The van der Waals surface area contributed by atoms with E-state index in [2.05, 4.69) is 0 Å². The zero-order chi connectivity index (χ0) is 20.8. The third-order valence-corrected chi connectivity index (χ3v) is 4.89. The second kappa shape index (κ2) is 9.39. The van der Waals surface area contributed by atoms with Gasteiger partial charge in [0.1, 0.15) is 0 Å². The summed E-state index contributed by atoms with van der Waals surface area (Å²) in [7, 11) is 3.16. The maximum absolute atomic E-state index is 12.9. The highest BCUT2D eigenvalue weighted by Crippen LogP contribution is 2.33. The van der Waals surface area contributed by atoms with Crippen LogP contribution in [0.1, 0.15) is 28.4 Å². The van der Waals surface area contributed by atoms with Crippen LogP contribution in [0.2, 0.25) is 0 Å². The van der Waals surface area contributed by atoms with Crippen LogP contribution in [0.4, 0.5) is 0 Å². The summed E-state index contributed by atoms with van der Waals surface area (Å²) >= 11 is 0. The quantitative estimate of drug-likeness (QED) is 0.555. The van der Waals surface area contributed by atoms with E-state index in [-0.39, 0.29) is 11.7 Å². The third kappa shape index (κ3) is 4.84. The smallest absolute Gasteiger partial charge is 0.247 e. The maximum Gasteiger partial charge on any atom is 0.247 e. The summed E-state index contributed by atoms with van der Waals surface area (Å²) in [5.41, 5.74) is 3.03. The number of rotatable bonds is 6. The second-order valence-electron chi connectivity index (χ2n) is 6.70. The number of methoxy groups -OCH3 is 2. The molecule has 0 unspecified atom stereocenters. The SMILES string of the molecule is COc1ccc(/C(=C\C(=O)N2CCOCC2)c2ccc(C(C)=O)cc2)cc1OC. The van der Waals surface area contributed by atoms with Gasteiger partial charge < -0.3 is 19.1 Å². The van der Waals surface area contributed by atoms with Gasteiger partial charge in [-0.1, -0.05) is 30.3 Å². The Morgan fingerprint density at radius 3 is 2.07 bits per heavy atom. The number of morpholine rings is 1. The molecule has 29 heavy (non-hydrogen) atoms. The van der Waals surface area contributed by atoms with Crippen molar-refractivity contribution in [2.24, 2.45) is 0 Å². The van der Waals surface area contributed by atoms with Gasteiger partial charge in [0.25, 0.3) is 0 Å². The Morgan fingerprint density at radius 1 is 0.897 bits per heavy atom. The van der Waals surface area contributed by atoms with Crippen molar-refractivity contribution in [3.8, 4) is 11.5 Å². The van der Waals surface area contributed by atoms with Crippen molar-refractivity contribution < 1.29 is 23.8 Å². The lowest BCUT2D eigenvalue weighted by atomic mass is 9.95. The Balaban J connectivity index is 2.04. The van der Waals surface area contributed by atoms with Crippen LogP contribution >= 0.6 is 0 Å². The summed E-state index contributed by atoms with van der Waals surface area (Å²) in [6.45, 7) is 3.74. The van der Waals surface area contributed by atoms with Crippen LogP contribution in [-0.2, 0) is 9.53 Å². The maximum atomic E-state index is 12.9. The van der Waals surface area contributed by atoms with Crippen molar-refractivity contribution in [2.75, 3.05) is 40.5 Å². The first kappa shape index (κ1) is 20.6. The van der Waals surface area contributed by atoms with Crippen LogP contribution in [0.5, 0.6) is 11.5 Å². The average molecular weight is 395 g/mol. The van der Waals surface area contributed by atoms with Crippen molar-refractivity contribution in [3.63, 3.8) is 0 Å². The second-order valence-corrected chi connectivity index (χ2v) is 6.70. The van der Waals surface area contributed by atoms with E-state index in [1.54, 1.807) is 37.3 Å². The van der Waals surface area contributed by atoms with Crippen LogP contribution in [0.3, 0.4) is 0 Å². The van der Waals surface area contributed by atoms with Gasteiger partial charge in [0.2, 0.25) is 5.91 Å². The molecule has 1 heterocycles. The number of Topliss-reactive ketones (excluding diaryl/α,β-unsaturated/α-hetero) is 1. The molecule has 152 valence electrons. The van der Waals surface area contributed by atoms with E-state index in [9.17, 15) is 9.59 Å². The van der Waals surface area contributed by atoms with Crippen molar-refractivity contribution >= 4 is 17.3 Å². The zero-order valence-electron chi connectivity index (χ0n) is 16.9. The minimum Gasteiger partial charge on any atom is -0.493 e. The highest BCUT2D eigenvalue weighted by molar-refractivity contribution is 6.00. The molecular weight excluding hydrogens is 370 g/mol. The van der Waals surface area contributed by atoms with E-state index in [1.807, 2.05) is 30.3 Å².